The molecule has 0 spiro atoms. The Morgan fingerprint density at radius 2 is 1.56 bits per heavy atom. The first kappa shape index (κ1) is 20.3. The Labute approximate surface area is 151 Å². The molecule has 1 aliphatic heterocycles. The Hall–Kier alpha value is -1.00. The maximum Gasteiger partial charge on any atom is 0.243 e. The van der Waals surface area contributed by atoms with Crippen molar-refractivity contribution in [2.45, 2.75) is 49.6 Å². The van der Waals surface area contributed by atoms with Crippen molar-refractivity contribution < 1.29 is 16.8 Å². The summed E-state index contributed by atoms with van der Waals surface area (Å²) in [5.41, 5.74) is 0. The summed E-state index contributed by atoms with van der Waals surface area (Å²) in [6.07, 6.45) is 0. The smallest absolute Gasteiger partial charge is 0.243 e. The zero-order chi connectivity index (χ0) is 18.8. The molecule has 7 nitrogen and oxygen atoms in total. The first-order valence-corrected chi connectivity index (χ1v) is 11.4. The van der Waals surface area contributed by atoms with Gasteiger partial charge in [0.05, 0.1) is 9.79 Å². The second-order valence-corrected chi connectivity index (χ2v) is 10.2. The van der Waals surface area contributed by atoms with Crippen LogP contribution in [0.25, 0.3) is 0 Å². The summed E-state index contributed by atoms with van der Waals surface area (Å²) >= 11 is 0. The van der Waals surface area contributed by atoms with E-state index in [1.807, 2.05) is 13.8 Å². The molecule has 1 saturated heterocycles. The van der Waals surface area contributed by atoms with E-state index in [2.05, 4.69) is 5.32 Å². The quantitative estimate of drug-likeness (QED) is 0.787. The molecule has 0 saturated carbocycles. The lowest BCUT2D eigenvalue weighted by Gasteiger charge is -2.35. The number of hydrogen-bond donors (Lipinski definition) is 1. The zero-order valence-electron chi connectivity index (χ0n) is 15.1. The van der Waals surface area contributed by atoms with Gasteiger partial charge in [0.25, 0.3) is 0 Å². The van der Waals surface area contributed by atoms with Gasteiger partial charge in [-0.2, -0.15) is 8.61 Å². The fourth-order valence-corrected chi connectivity index (χ4v) is 6.37. The Bertz CT molecular complexity index is 794. The van der Waals surface area contributed by atoms with Crippen LogP contribution in [0.15, 0.2) is 34.1 Å². The van der Waals surface area contributed by atoms with Crippen LogP contribution in [0.2, 0.25) is 0 Å². The third-order valence-corrected chi connectivity index (χ3v) is 8.18. The fourth-order valence-electron chi connectivity index (χ4n) is 3.13. The molecule has 2 rings (SSSR count). The second-order valence-electron chi connectivity index (χ2n) is 6.35. The van der Waals surface area contributed by atoms with Crippen molar-refractivity contribution >= 4 is 20.0 Å². The Morgan fingerprint density at radius 3 is 2.08 bits per heavy atom. The third-order valence-electron chi connectivity index (χ3n) is 4.31. The van der Waals surface area contributed by atoms with Gasteiger partial charge in [-0.1, -0.05) is 19.9 Å². The summed E-state index contributed by atoms with van der Waals surface area (Å²) in [6, 6.07) is 5.73. The van der Waals surface area contributed by atoms with Crippen LogP contribution in [-0.2, 0) is 20.0 Å². The van der Waals surface area contributed by atoms with Gasteiger partial charge in [0.15, 0.2) is 0 Å². The van der Waals surface area contributed by atoms with Gasteiger partial charge in [0.2, 0.25) is 20.0 Å². The highest BCUT2D eigenvalue weighted by molar-refractivity contribution is 7.90. The van der Waals surface area contributed by atoms with Crippen LogP contribution in [0.1, 0.15) is 27.7 Å². The summed E-state index contributed by atoms with van der Waals surface area (Å²) < 4.78 is 54.0. The molecule has 2 unspecified atom stereocenters. The van der Waals surface area contributed by atoms with Gasteiger partial charge in [0.1, 0.15) is 0 Å². The molecule has 1 aromatic carbocycles. The summed E-state index contributed by atoms with van der Waals surface area (Å²) in [7, 11) is -7.44. The highest BCUT2D eigenvalue weighted by Gasteiger charge is 2.32. The monoisotopic (exact) mass is 389 g/mol. The van der Waals surface area contributed by atoms with Gasteiger partial charge in [-0.25, -0.2) is 16.8 Å². The molecule has 1 N–H and O–H groups in total. The van der Waals surface area contributed by atoms with Crippen molar-refractivity contribution in [3.05, 3.63) is 24.3 Å². The summed E-state index contributed by atoms with van der Waals surface area (Å²) in [4.78, 5) is 0.0236. The molecule has 2 atom stereocenters. The van der Waals surface area contributed by atoms with Crippen LogP contribution >= 0.6 is 0 Å². The van der Waals surface area contributed by atoms with E-state index in [-0.39, 0.29) is 21.9 Å². The maximum atomic E-state index is 13.0. The van der Waals surface area contributed by atoms with Crippen molar-refractivity contribution in [2.24, 2.45) is 0 Å². The predicted octanol–water partition coefficient (Wildman–Crippen LogP) is 1.09. The molecule has 0 aliphatic carbocycles. The average molecular weight is 390 g/mol. The fraction of sp³-hybridized carbons (Fsp3) is 0.625. The van der Waals surface area contributed by atoms with Crippen molar-refractivity contribution in [3.63, 3.8) is 0 Å². The van der Waals surface area contributed by atoms with Crippen LogP contribution in [0.5, 0.6) is 0 Å². The van der Waals surface area contributed by atoms with Crippen molar-refractivity contribution in [2.75, 3.05) is 26.2 Å². The van der Waals surface area contributed by atoms with Crippen molar-refractivity contribution in [3.8, 4) is 0 Å². The van der Waals surface area contributed by atoms with Crippen LogP contribution in [0.3, 0.4) is 0 Å². The van der Waals surface area contributed by atoms with E-state index < -0.39 is 20.0 Å². The Balaban J connectivity index is 2.41. The van der Waals surface area contributed by atoms with E-state index in [9.17, 15) is 16.8 Å². The van der Waals surface area contributed by atoms with Gasteiger partial charge < -0.3 is 5.32 Å². The molecule has 25 heavy (non-hydrogen) atoms. The molecular weight excluding hydrogens is 362 g/mol. The number of sulfonamides is 2. The van der Waals surface area contributed by atoms with E-state index >= 15 is 0 Å². The van der Waals surface area contributed by atoms with Gasteiger partial charge in [0, 0.05) is 38.3 Å². The molecule has 142 valence electrons. The molecule has 9 heteroatoms. The van der Waals surface area contributed by atoms with Crippen molar-refractivity contribution in [1.82, 2.24) is 13.9 Å². The second kappa shape index (κ2) is 7.71. The lowest BCUT2D eigenvalue weighted by molar-refractivity contribution is 0.263. The number of piperazine rings is 1. The van der Waals surface area contributed by atoms with E-state index in [1.54, 1.807) is 13.8 Å². The average Bonchev–Trinajstić information content (AvgIpc) is 2.55. The third kappa shape index (κ3) is 4.22. The molecule has 1 fully saturated rings. The normalized spacial score (nSPS) is 23.1. The first-order valence-electron chi connectivity index (χ1n) is 8.49. The van der Waals surface area contributed by atoms with Crippen LogP contribution < -0.4 is 5.32 Å². The highest BCUT2D eigenvalue weighted by Crippen LogP contribution is 2.23. The number of hydrogen-bond acceptors (Lipinski definition) is 5. The lowest BCUT2D eigenvalue weighted by atomic mass is 10.2. The minimum atomic E-state index is -3.74. The first-order chi connectivity index (χ1) is 11.6. The summed E-state index contributed by atoms with van der Waals surface area (Å²) in [5, 5.41) is 3.29. The summed E-state index contributed by atoms with van der Waals surface area (Å²) in [5.74, 6) is 0. The number of rotatable bonds is 6. The molecule has 1 aliphatic rings. The standard InChI is InChI=1S/C16H27N3O4S2/c1-5-18(6-2)24(20,21)15-8-7-9-16(10-15)25(22,23)19-11-13(3)17-14(4)12-19/h7-10,13-14,17H,5-6,11-12H2,1-4H3. The molecular formula is C16H27N3O4S2. The molecule has 0 amide bonds. The molecule has 0 bridgehead atoms. The molecule has 0 radical (unpaired) electrons. The van der Waals surface area contributed by atoms with Crippen LogP contribution in [-0.4, -0.2) is 63.7 Å². The van der Waals surface area contributed by atoms with E-state index in [0.717, 1.165) is 0 Å². The van der Waals surface area contributed by atoms with Crippen LogP contribution in [0, 0.1) is 0 Å². The zero-order valence-corrected chi connectivity index (χ0v) is 16.8. The van der Waals surface area contributed by atoms with Gasteiger partial charge in [-0.3, -0.25) is 0 Å². The number of benzene rings is 1. The number of nitrogens with one attached hydrogen (secondary N) is 1. The molecule has 1 heterocycles. The van der Waals surface area contributed by atoms with E-state index in [0.29, 0.717) is 26.2 Å². The maximum absolute atomic E-state index is 13.0. The van der Waals surface area contributed by atoms with Gasteiger partial charge in [-0.05, 0) is 32.0 Å². The van der Waals surface area contributed by atoms with E-state index in [4.69, 9.17) is 0 Å². The SMILES string of the molecule is CCN(CC)S(=O)(=O)c1cccc(S(=O)(=O)N2CC(C)NC(C)C2)c1. The molecule has 1 aromatic rings. The number of nitrogens with zero attached hydrogens (tertiary/aromatic N) is 2. The Morgan fingerprint density at radius 1 is 1.04 bits per heavy atom. The largest absolute Gasteiger partial charge is 0.309 e. The minimum Gasteiger partial charge on any atom is -0.309 e. The minimum absolute atomic E-state index is 0.00788. The highest BCUT2D eigenvalue weighted by atomic mass is 32.2. The predicted molar refractivity (Wildman–Crippen MR) is 97.4 cm³/mol. The topological polar surface area (TPSA) is 86.8 Å². The Kier molecular flexibility index (Phi) is 6.26. The lowest BCUT2D eigenvalue weighted by Crippen LogP contribution is -2.55. The summed E-state index contributed by atoms with van der Waals surface area (Å²) in [6.45, 7) is 8.76. The van der Waals surface area contributed by atoms with Crippen LogP contribution in [0.4, 0.5) is 0 Å². The molecule has 0 aromatic heterocycles. The van der Waals surface area contributed by atoms with Gasteiger partial charge in [-0.15, -0.1) is 0 Å². The van der Waals surface area contributed by atoms with Gasteiger partial charge >= 0.3 is 0 Å². The van der Waals surface area contributed by atoms with Crippen molar-refractivity contribution in [1.29, 1.82) is 0 Å². The van der Waals surface area contributed by atoms with E-state index in [1.165, 1.54) is 32.9 Å².